The second-order valence-corrected chi connectivity index (χ2v) is 5.57. The molecule has 1 atom stereocenters. The highest BCUT2D eigenvalue weighted by Crippen LogP contribution is 2.20. The summed E-state index contributed by atoms with van der Waals surface area (Å²) < 4.78 is 13.0. The summed E-state index contributed by atoms with van der Waals surface area (Å²) in [4.78, 5) is 26.4. The molecular formula is C16H17FN4O2. The maximum absolute atomic E-state index is 13.0. The van der Waals surface area contributed by atoms with Crippen molar-refractivity contribution in [2.24, 2.45) is 5.92 Å². The number of piperidine rings is 1. The number of rotatable bonds is 3. The van der Waals surface area contributed by atoms with Gasteiger partial charge in [0.2, 0.25) is 5.91 Å². The first kappa shape index (κ1) is 15.2. The summed E-state index contributed by atoms with van der Waals surface area (Å²) in [6, 6.07) is 5.46. The molecule has 1 aliphatic rings. The zero-order valence-electron chi connectivity index (χ0n) is 12.5. The lowest BCUT2D eigenvalue weighted by molar-refractivity contribution is -0.121. The van der Waals surface area contributed by atoms with Crippen LogP contribution in [0.15, 0.2) is 36.7 Å². The molecule has 2 heterocycles. The Balaban J connectivity index is 1.64. The van der Waals surface area contributed by atoms with Gasteiger partial charge in [-0.25, -0.2) is 4.39 Å². The van der Waals surface area contributed by atoms with Gasteiger partial charge in [-0.15, -0.1) is 0 Å². The fraction of sp³-hybridized carbons (Fsp3) is 0.312. The Morgan fingerprint density at radius 1 is 1.30 bits per heavy atom. The minimum absolute atomic E-state index is 0.122. The van der Waals surface area contributed by atoms with Crippen LogP contribution in [0.5, 0.6) is 0 Å². The minimum atomic E-state index is -0.377. The number of carbonyl (C=O) groups excluding carboxylic acids is 2. The van der Waals surface area contributed by atoms with Gasteiger partial charge in [0.15, 0.2) is 0 Å². The Hall–Kier alpha value is -2.70. The number of aromatic nitrogens is 2. The third kappa shape index (κ3) is 3.56. The standard InChI is InChI=1S/C16H17FN4O2/c17-13-5-3-11(4-6-13)16(23)21-7-1-2-12(10-21)15(22)20-14-8-18-19-9-14/h3-6,8-9,12H,1-2,7,10H2,(H,18,19)(H,20,22). The molecule has 1 aliphatic heterocycles. The molecule has 0 radical (unpaired) electrons. The number of nitrogens with one attached hydrogen (secondary N) is 2. The molecule has 1 aromatic carbocycles. The zero-order valence-corrected chi connectivity index (χ0v) is 12.5. The number of anilines is 1. The number of carbonyl (C=O) groups is 2. The van der Waals surface area contributed by atoms with Crippen molar-refractivity contribution in [3.63, 3.8) is 0 Å². The number of hydrogen-bond acceptors (Lipinski definition) is 3. The van der Waals surface area contributed by atoms with Crippen molar-refractivity contribution in [2.45, 2.75) is 12.8 Å². The van der Waals surface area contributed by atoms with Gasteiger partial charge in [-0.3, -0.25) is 14.7 Å². The van der Waals surface area contributed by atoms with Gasteiger partial charge in [-0.05, 0) is 37.1 Å². The first-order valence-electron chi connectivity index (χ1n) is 7.48. The lowest BCUT2D eigenvalue weighted by Gasteiger charge is -2.32. The Kier molecular flexibility index (Phi) is 4.36. The molecule has 1 unspecified atom stereocenters. The van der Waals surface area contributed by atoms with Crippen LogP contribution in [0.25, 0.3) is 0 Å². The van der Waals surface area contributed by atoms with Crippen molar-refractivity contribution in [2.75, 3.05) is 18.4 Å². The second kappa shape index (κ2) is 6.60. The van der Waals surface area contributed by atoms with Crippen molar-refractivity contribution in [1.82, 2.24) is 15.1 Å². The molecule has 1 aromatic heterocycles. The summed E-state index contributed by atoms with van der Waals surface area (Å²) in [5, 5.41) is 9.18. The Morgan fingerprint density at radius 2 is 2.09 bits per heavy atom. The zero-order chi connectivity index (χ0) is 16.2. The summed E-state index contributed by atoms with van der Waals surface area (Å²) in [7, 11) is 0. The van der Waals surface area contributed by atoms with Gasteiger partial charge in [-0.2, -0.15) is 5.10 Å². The summed E-state index contributed by atoms with van der Waals surface area (Å²) in [6.45, 7) is 0.964. The predicted octanol–water partition coefficient (Wildman–Crippen LogP) is 2.04. The van der Waals surface area contributed by atoms with E-state index in [-0.39, 0.29) is 23.5 Å². The fourth-order valence-electron chi connectivity index (χ4n) is 2.71. The fourth-order valence-corrected chi connectivity index (χ4v) is 2.71. The monoisotopic (exact) mass is 316 g/mol. The van der Waals surface area contributed by atoms with Crippen LogP contribution in [-0.2, 0) is 4.79 Å². The van der Waals surface area contributed by atoms with Gasteiger partial charge < -0.3 is 10.2 Å². The number of halogens is 1. The normalized spacial score (nSPS) is 17.8. The lowest BCUT2D eigenvalue weighted by atomic mass is 9.96. The second-order valence-electron chi connectivity index (χ2n) is 5.57. The van der Waals surface area contributed by atoms with E-state index < -0.39 is 0 Å². The topological polar surface area (TPSA) is 78.1 Å². The van der Waals surface area contributed by atoms with Gasteiger partial charge in [0.05, 0.1) is 17.8 Å². The van der Waals surface area contributed by atoms with Gasteiger partial charge in [0.25, 0.3) is 5.91 Å². The van der Waals surface area contributed by atoms with Gasteiger partial charge >= 0.3 is 0 Å². The minimum Gasteiger partial charge on any atom is -0.338 e. The van der Waals surface area contributed by atoms with E-state index in [2.05, 4.69) is 15.5 Å². The van der Waals surface area contributed by atoms with E-state index in [0.717, 1.165) is 12.8 Å². The molecule has 0 spiro atoms. The van der Waals surface area contributed by atoms with Crippen LogP contribution in [0, 0.1) is 11.7 Å². The highest BCUT2D eigenvalue weighted by molar-refractivity contribution is 5.96. The van der Waals surface area contributed by atoms with Gasteiger partial charge in [0.1, 0.15) is 5.82 Å². The van der Waals surface area contributed by atoms with Gasteiger partial charge in [-0.1, -0.05) is 0 Å². The largest absolute Gasteiger partial charge is 0.338 e. The van der Waals surface area contributed by atoms with Crippen LogP contribution in [0.2, 0.25) is 0 Å². The van der Waals surface area contributed by atoms with E-state index in [1.165, 1.54) is 30.5 Å². The molecule has 2 N–H and O–H groups in total. The number of benzene rings is 1. The number of hydrogen-bond donors (Lipinski definition) is 2. The maximum atomic E-state index is 13.0. The summed E-state index contributed by atoms with van der Waals surface area (Å²) in [5.74, 6) is -0.936. The summed E-state index contributed by atoms with van der Waals surface area (Å²) in [6.07, 6.45) is 4.62. The molecular weight excluding hydrogens is 299 g/mol. The molecule has 6 nitrogen and oxygen atoms in total. The molecule has 2 aromatic rings. The maximum Gasteiger partial charge on any atom is 0.253 e. The third-order valence-electron chi connectivity index (χ3n) is 3.94. The van der Waals surface area contributed by atoms with Crippen LogP contribution in [-0.4, -0.2) is 40.0 Å². The van der Waals surface area contributed by atoms with Crippen molar-refractivity contribution < 1.29 is 14.0 Å². The summed E-state index contributed by atoms with van der Waals surface area (Å²) >= 11 is 0. The lowest BCUT2D eigenvalue weighted by Crippen LogP contribution is -2.43. The van der Waals surface area contributed by atoms with E-state index in [1.807, 2.05) is 0 Å². The first-order valence-corrected chi connectivity index (χ1v) is 7.48. The van der Waals surface area contributed by atoms with E-state index in [0.29, 0.717) is 24.3 Å². The van der Waals surface area contributed by atoms with Crippen LogP contribution >= 0.6 is 0 Å². The summed E-state index contributed by atoms with van der Waals surface area (Å²) in [5.41, 5.74) is 1.04. The highest BCUT2D eigenvalue weighted by atomic mass is 19.1. The Labute approximate surface area is 132 Å². The van der Waals surface area contributed by atoms with Crippen molar-refractivity contribution in [1.29, 1.82) is 0 Å². The molecule has 1 fully saturated rings. The van der Waals surface area contributed by atoms with E-state index in [9.17, 15) is 14.0 Å². The smallest absolute Gasteiger partial charge is 0.253 e. The number of nitrogens with zero attached hydrogens (tertiary/aromatic N) is 2. The molecule has 0 bridgehead atoms. The molecule has 120 valence electrons. The Morgan fingerprint density at radius 3 is 2.78 bits per heavy atom. The number of aromatic amines is 1. The Bertz CT molecular complexity index is 685. The average Bonchev–Trinajstić information content (AvgIpc) is 3.08. The highest BCUT2D eigenvalue weighted by Gasteiger charge is 2.29. The quantitative estimate of drug-likeness (QED) is 0.909. The van der Waals surface area contributed by atoms with Crippen molar-refractivity contribution in [3.05, 3.63) is 48.0 Å². The first-order chi connectivity index (χ1) is 11.1. The third-order valence-corrected chi connectivity index (χ3v) is 3.94. The molecule has 3 rings (SSSR count). The average molecular weight is 316 g/mol. The van der Waals surface area contributed by atoms with Crippen LogP contribution in [0.4, 0.5) is 10.1 Å². The molecule has 2 amide bonds. The van der Waals surface area contributed by atoms with Gasteiger partial charge in [0, 0.05) is 24.8 Å². The number of amides is 2. The molecule has 0 aliphatic carbocycles. The van der Waals surface area contributed by atoms with E-state index in [4.69, 9.17) is 0 Å². The molecule has 23 heavy (non-hydrogen) atoms. The number of likely N-dealkylation sites (tertiary alicyclic amines) is 1. The van der Waals surface area contributed by atoms with E-state index >= 15 is 0 Å². The van der Waals surface area contributed by atoms with Crippen LogP contribution < -0.4 is 5.32 Å². The van der Waals surface area contributed by atoms with Crippen molar-refractivity contribution in [3.8, 4) is 0 Å². The van der Waals surface area contributed by atoms with Crippen LogP contribution in [0.3, 0.4) is 0 Å². The molecule has 0 saturated carbocycles. The predicted molar refractivity (Wildman–Crippen MR) is 82.2 cm³/mol. The number of H-pyrrole nitrogens is 1. The van der Waals surface area contributed by atoms with Crippen LogP contribution in [0.1, 0.15) is 23.2 Å². The van der Waals surface area contributed by atoms with E-state index in [1.54, 1.807) is 11.1 Å². The molecule has 1 saturated heterocycles. The van der Waals surface area contributed by atoms with Crippen molar-refractivity contribution >= 4 is 17.5 Å². The molecule has 7 heteroatoms. The SMILES string of the molecule is O=C(Nc1cn[nH]c1)C1CCCN(C(=O)c2ccc(F)cc2)C1.